The van der Waals surface area contributed by atoms with E-state index in [0.717, 1.165) is 22.4 Å². The number of hydrogen-bond donors (Lipinski definition) is 0. The molecule has 0 unspecified atom stereocenters. The van der Waals surface area contributed by atoms with Gasteiger partial charge >= 0.3 is 0 Å². The molecular weight excluding hydrogens is 300 g/mol. The van der Waals surface area contributed by atoms with Crippen molar-refractivity contribution in [3.8, 4) is 17.2 Å². The van der Waals surface area contributed by atoms with Gasteiger partial charge in [0.05, 0.1) is 10.6 Å². The highest BCUT2D eigenvalue weighted by Gasteiger charge is 2.12. The highest BCUT2D eigenvalue weighted by molar-refractivity contribution is 6.33. The molecule has 0 aliphatic heterocycles. The van der Waals surface area contributed by atoms with E-state index in [9.17, 15) is 0 Å². The first kappa shape index (κ1) is 14.6. The van der Waals surface area contributed by atoms with Gasteiger partial charge in [-0.1, -0.05) is 35.9 Å². The number of ether oxygens (including phenoxy) is 1. The molecule has 0 spiro atoms. The van der Waals surface area contributed by atoms with E-state index in [1.165, 1.54) is 0 Å². The van der Waals surface area contributed by atoms with E-state index in [0.29, 0.717) is 16.8 Å². The maximum absolute atomic E-state index is 6.12. The Kier molecular flexibility index (Phi) is 4.11. The molecule has 0 saturated heterocycles. The highest BCUT2D eigenvalue weighted by Crippen LogP contribution is 2.26. The molecular formula is C17H15ClN2O2. The molecule has 0 radical (unpaired) electrons. The zero-order chi connectivity index (χ0) is 15.5. The fraction of sp³-hybridized carbons (Fsp3) is 0.176. The molecule has 112 valence electrons. The second-order valence-corrected chi connectivity index (χ2v) is 5.45. The van der Waals surface area contributed by atoms with Crippen LogP contribution in [0.5, 0.6) is 5.75 Å². The molecule has 0 aliphatic carbocycles. The smallest absolute Gasteiger partial charge is 0.254 e. The van der Waals surface area contributed by atoms with Gasteiger partial charge in [-0.05, 0) is 43.2 Å². The Balaban J connectivity index is 1.75. The van der Waals surface area contributed by atoms with Gasteiger partial charge in [-0.25, -0.2) is 0 Å². The van der Waals surface area contributed by atoms with Crippen LogP contribution in [0.1, 0.15) is 17.0 Å². The summed E-state index contributed by atoms with van der Waals surface area (Å²) in [4.78, 5) is 0. The summed E-state index contributed by atoms with van der Waals surface area (Å²) in [7, 11) is 0. The van der Waals surface area contributed by atoms with E-state index in [1.807, 2.05) is 50.2 Å². The lowest BCUT2D eigenvalue weighted by atomic mass is 10.1. The molecule has 0 N–H and O–H groups in total. The molecule has 1 aromatic heterocycles. The van der Waals surface area contributed by atoms with Gasteiger partial charge in [-0.15, -0.1) is 10.2 Å². The van der Waals surface area contributed by atoms with Crippen LogP contribution in [0, 0.1) is 13.8 Å². The zero-order valence-corrected chi connectivity index (χ0v) is 13.1. The molecule has 0 aliphatic rings. The van der Waals surface area contributed by atoms with Gasteiger partial charge in [0.15, 0.2) is 6.61 Å². The Bertz CT molecular complexity index is 799. The van der Waals surface area contributed by atoms with Crippen LogP contribution in [-0.2, 0) is 6.61 Å². The molecule has 22 heavy (non-hydrogen) atoms. The number of aryl methyl sites for hydroxylation is 2. The van der Waals surface area contributed by atoms with Crippen molar-refractivity contribution in [2.24, 2.45) is 0 Å². The average molecular weight is 315 g/mol. The Morgan fingerprint density at radius 1 is 1.09 bits per heavy atom. The molecule has 0 saturated carbocycles. The maximum Gasteiger partial charge on any atom is 0.254 e. The minimum absolute atomic E-state index is 0.224. The number of nitrogens with zero attached hydrogens (tertiary/aromatic N) is 2. The van der Waals surface area contributed by atoms with Crippen molar-refractivity contribution in [3.05, 3.63) is 64.5 Å². The average Bonchev–Trinajstić information content (AvgIpc) is 2.97. The van der Waals surface area contributed by atoms with E-state index in [-0.39, 0.29) is 6.61 Å². The van der Waals surface area contributed by atoms with Crippen molar-refractivity contribution in [1.82, 2.24) is 10.2 Å². The third-order valence-electron chi connectivity index (χ3n) is 3.27. The van der Waals surface area contributed by atoms with Crippen molar-refractivity contribution in [2.45, 2.75) is 20.5 Å². The monoisotopic (exact) mass is 314 g/mol. The first-order chi connectivity index (χ1) is 10.6. The molecule has 3 rings (SSSR count). The topological polar surface area (TPSA) is 48.2 Å². The predicted octanol–water partition coefficient (Wildman–Crippen LogP) is 4.59. The van der Waals surface area contributed by atoms with Crippen LogP contribution >= 0.6 is 11.6 Å². The van der Waals surface area contributed by atoms with Gasteiger partial charge in [0.2, 0.25) is 5.89 Å². The van der Waals surface area contributed by atoms with Crippen molar-refractivity contribution >= 4 is 11.6 Å². The van der Waals surface area contributed by atoms with Gasteiger partial charge in [-0.3, -0.25) is 0 Å². The Morgan fingerprint density at radius 2 is 1.91 bits per heavy atom. The third-order valence-corrected chi connectivity index (χ3v) is 3.60. The van der Waals surface area contributed by atoms with E-state index in [1.54, 1.807) is 6.07 Å². The third kappa shape index (κ3) is 3.12. The number of rotatable bonds is 4. The first-order valence-electron chi connectivity index (χ1n) is 6.91. The predicted molar refractivity (Wildman–Crippen MR) is 85.0 cm³/mol. The summed E-state index contributed by atoms with van der Waals surface area (Å²) in [5.41, 5.74) is 2.92. The Labute approximate surface area is 133 Å². The molecule has 4 nitrogen and oxygen atoms in total. The fourth-order valence-corrected chi connectivity index (χ4v) is 2.27. The minimum Gasteiger partial charge on any atom is -0.484 e. The van der Waals surface area contributed by atoms with E-state index >= 15 is 0 Å². The largest absolute Gasteiger partial charge is 0.484 e. The van der Waals surface area contributed by atoms with Crippen LogP contribution in [0.4, 0.5) is 0 Å². The van der Waals surface area contributed by atoms with Gasteiger partial charge < -0.3 is 9.15 Å². The molecule has 5 heteroatoms. The minimum atomic E-state index is 0.224. The van der Waals surface area contributed by atoms with Crippen LogP contribution in [0.2, 0.25) is 5.02 Å². The molecule has 0 bridgehead atoms. The van der Waals surface area contributed by atoms with Crippen molar-refractivity contribution in [1.29, 1.82) is 0 Å². The summed E-state index contributed by atoms with van der Waals surface area (Å²) < 4.78 is 11.4. The number of halogens is 1. The lowest BCUT2D eigenvalue weighted by Crippen LogP contribution is -1.97. The molecule has 1 heterocycles. The zero-order valence-electron chi connectivity index (χ0n) is 12.3. The standard InChI is InChI=1S/C17H15ClN2O2/c1-11-7-8-12(2)15(9-11)21-10-16-19-20-17(22-16)13-5-3-4-6-14(13)18/h3-9H,10H2,1-2H3. The summed E-state index contributed by atoms with van der Waals surface area (Å²) in [5, 5.41) is 8.60. The molecule has 0 atom stereocenters. The van der Waals surface area contributed by atoms with Gasteiger partial charge in [-0.2, -0.15) is 0 Å². The molecule has 0 fully saturated rings. The molecule has 3 aromatic rings. The van der Waals surface area contributed by atoms with Crippen LogP contribution in [0.15, 0.2) is 46.9 Å². The lowest BCUT2D eigenvalue weighted by Gasteiger charge is -2.07. The van der Waals surface area contributed by atoms with E-state index < -0.39 is 0 Å². The summed E-state index contributed by atoms with van der Waals surface area (Å²) >= 11 is 6.12. The Morgan fingerprint density at radius 3 is 2.73 bits per heavy atom. The number of benzene rings is 2. The van der Waals surface area contributed by atoms with E-state index in [2.05, 4.69) is 10.2 Å². The van der Waals surface area contributed by atoms with Crippen LogP contribution in [-0.4, -0.2) is 10.2 Å². The lowest BCUT2D eigenvalue weighted by molar-refractivity contribution is 0.263. The normalized spacial score (nSPS) is 10.7. The summed E-state index contributed by atoms with van der Waals surface area (Å²) in [6.45, 7) is 4.24. The van der Waals surface area contributed by atoms with E-state index in [4.69, 9.17) is 20.8 Å². The van der Waals surface area contributed by atoms with Crippen LogP contribution < -0.4 is 4.74 Å². The van der Waals surface area contributed by atoms with Gasteiger partial charge in [0.25, 0.3) is 5.89 Å². The van der Waals surface area contributed by atoms with Gasteiger partial charge in [0.1, 0.15) is 5.75 Å². The second-order valence-electron chi connectivity index (χ2n) is 5.04. The van der Waals surface area contributed by atoms with Crippen molar-refractivity contribution in [2.75, 3.05) is 0 Å². The number of aromatic nitrogens is 2. The molecule has 2 aromatic carbocycles. The fourth-order valence-electron chi connectivity index (χ4n) is 2.06. The summed E-state index contributed by atoms with van der Waals surface area (Å²) in [6.07, 6.45) is 0. The second kappa shape index (κ2) is 6.20. The van der Waals surface area contributed by atoms with Crippen molar-refractivity contribution in [3.63, 3.8) is 0 Å². The quantitative estimate of drug-likeness (QED) is 0.707. The number of hydrogen-bond acceptors (Lipinski definition) is 4. The van der Waals surface area contributed by atoms with Crippen LogP contribution in [0.3, 0.4) is 0 Å². The molecule has 0 amide bonds. The van der Waals surface area contributed by atoms with Crippen molar-refractivity contribution < 1.29 is 9.15 Å². The summed E-state index contributed by atoms with van der Waals surface area (Å²) in [5.74, 6) is 1.62. The maximum atomic E-state index is 6.12. The van der Waals surface area contributed by atoms with Gasteiger partial charge in [0, 0.05) is 0 Å². The SMILES string of the molecule is Cc1ccc(C)c(OCc2nnc(-c3ccccc3Cl)o2)c1. The summed E-state index contributed by atoms with van der Waals surface area (Å²) in [6, 6.07) is 13.4. The first-order valence-corrected chi connectivity index (χ1v) is 7.28. The van der Waals surface area contributed by atoms with Crippen LogP contribution in [0.25, 0.3) is 11.5 Å². The highest BCUT2D eigenvalue weighted by atomic mass is 35.5. The Hall–Kier alpha value is -2.33.